The van der Waals surface area contributed by atoms with Crippen molar-refractivity contribution < 1.29 is 9.18 Å². The Bertz CT molecular complexity index is 1060. The minimum absolute atomic E-state index is 0.0210. The van der Waals surface area contributed by atoms with Crippen LogP contribution in [0.5, 0.6) is 0 Å². The zero-order valence-corrected chi connectivity index (χ0v) is 15.9. The number of amides is 1. The summed E-state index contributed by atoms with van der Waals surface area (Å²) in [5.74, 6) is -1.15. The van der Waals surface area contributed by atoms with E-state index in [1.807, 2.05) is 24.3 Å². The molecule has 0 saturated heterocycles. The number of benzene rings is 1. The predicted octanol–water partition coefficient (Wildman–Crippen LogP) is 3.29. The summed E-state index contributed by atoms with van der Waals surface area (Å²) in [6.45, 7) is 0. The lowest BCUT2D eigenvalue weighted by Crippen LogP contribution is -2.43. The molecule has 1 fully saturated rings. The van der Waals surface area contributed by atoms with Gasteiger partial charge in [-0.25, -0.2) is 9.37 Å². The van der Waals surface area contributed by atoms with Crippen LogP contribution in [0.3, 0.4) is 0 Å². The maximum atomic E-state index is 14.6. The molecule has 7 nitrogen and oxygen atoms in total. The Labute approximate surface area is 167 Å². The van der Waals surface area contributed by atoms with Gasteiger partial charge in [0.25, 0.3) is 5.91 Å². The van der Waals surface area contributed by atoms with Crippen molar-refractivity contribution in [3.05, 3.63) is 54.1 Å². The molecule has 1 aliphatic carbocycles. The second-order valence-electron chi connectivity index (χ2n) is 7.34. The van der Waals surface area contributed by atoms with Gasteiger partial charge < -0.3 is 22.1 Å². The summed E-state index contributed by atoms with van der Waals surface area (Å²) in [4.78, 5) is 20.3. The van der Waals surface area contributed by atoms with E-state index in [2.05, 4.69) is 20.6 Å². The van der Waals surface area contributed by atoms with Gasteiger partial charge in [0, 0.05) is 35.6 Å². The second-order valence-corrected chi connectivity index (χ2v) is 7.34. The first-order valence-electron chi connectivity index (χ1n) is 9.64. The lowest BCUT2D eigenvalue weighted by atomic mass is 9.91. The van der Waals surface area contributed by atoms with Gasteiger partial charge in [-0.15, -0.1) is 0 Å². The van der Waals surface area contributed by atoms with E-state index in [0.717, 1.165) is 42.5 Å². The molecule has 1 unspecified atom stereocenters. The Balaban J connectivity index is 1.67. The highest BCUT2D eigenvalue weighted by Gasteiger charge is 2.24. The number of primary amides is 1. The molecule has 0 bridgehead atoms. The van der Waals surface area contributed by atoms with Crippen LogP contribution in [0.15, 0.2) is 42.7 Å². The van der Waals surface area contributed by atoms with E-state index in [1.54, 1.807) is 12.4 Å². The molecule has 29 heavy (non-hydrogen) atoms. The molecule has 1 saturated carbocycles. The maximum absolute atomic E-state index is 14.6. The van der Waals surface area contributed by atoms with Gasteiger partial charge in [0.15, 0.2) is 11.6 Å². The number of carbonyl (C=O) groups is 1. The number of nitrogens with zero attached hydrogens (tertiary/aromatic N) is 2. The fourth-order valence-electron chi connectivity index (χ4n) is 3.69. The molecule has 150 valence electrons. The smallest absolute Gasteiger partial charge is 0.252 e. The molecule has 1 aromatic carbocycles. The first-order chi connectivity index (χ1) is 14.0. The molecule has 0 aliphatic heterocycles. The number of hydrogen-bond acceptors (Lipinski definition) is 6. The highest BCUT2D eigenvalue weighted by molar-refractivity contribution is 5.99. The zero-order valence-electron chi connectivity index (χ0n) is 15.9. The van der Waals surface area contributed by atoms with Crippen molar-refractivity contribution in [1.29, 1.82) is 0 Å². The van der Waals surface area contributed by atoms with Gasteiger partial charge in [-0.3, -0.25) is 9.78 Å². The first kappa shape index (κ1) is 19.1. The van der Waals surface area contributed by atoms with Gasteiger partial charge in [0.1, 0.15) is 5.82 Å². The second kappa shape index (κ2) is 8.00. The summed E-state index contributed by atoms with van der Waals surface area (Å²) in [5, 5.41) is 8.14. The standard InChI is InChI=1S/C21H23FN6O/c22-16-10-15(19(24)29)20(28-21(16)27-18-4-2-1-3-17(18)23)26-14-6-5-12-7-8-25-11-13(12)9-14/h5-11,17-18H,1-4,23H2,(H2,24,29)(H2,26,27,28)/t17-,18?/m0/s1. The molecule has 2 heterocycles. The lowest BCUT2D eigenvalue weighted by Gasteiger charge is -2.30. The van der Waals surface area contributed by atoms with Crippen LogP contribution in [-0.4, -0.2) is 28.0 Å². The van der Waals surface area contributed by atoms with Crippen LogP contribution >= 0.6 is 0 Å². The van der Waals surface area contributed by atoms with Crippen LogP contribution in [0.1, 0.15) is 36.0 Å². The molecule has 2 aromatic heterocycles. The minimum Gasteiger partial charge on any atom is -0.365 e. The van der Waals surface area contributed by atoms with Crippen molar-refractivity contribution in [2.75, 3.05) is 10.6 Å². The molecular formula is C21H23FN6O. The summed E-state index contributed by atoms with van der Waals surface area (Å²) in [7, 11) is 0. The van der Waals surface area contributed by atoms with Crippen LogP contribution < -0.4 is 22.1 Å². The molecule has 6 N–H and O–H groups in total. The Morgan fingerprint density at radius 2 is 1.93 bits per heavy atom. The molecule has 8 heteroatoms. The van der Waals surface area contributed by atoms with Crippen LogP contribution in [0.4, 0.5) is 21.7 Å². The number of hydrogen-bond donors (Lipinski definition) is 4. The normalized spacial score (nSPS) is 19.1. The van der Waals surface area contributed by atoms with Crippen molar-refractivity contribution >= 4 is 34.0 Å². The van der Waals surface area contributed by atoms with Crippen LogP contribution in [0, 0.1) is 5.82 Å². The zero-order chi connectivity index (χ0) is 20.4. The Kier molecular flexibility index (Phi) is 5.26. The van der Waals surface area contributed by atoms with Crippen molar-refractivity contribution in [3.8, 4) is 0 Å². The average Bonchev–Trinajstić information content (AvgIpc) is 2.71. The van der Waals surface area contributed by atoms with E-state index in [-0.39, 0.29) is 29.3 Å². The Morgan fingerprint density at radius 1 is 1.10 bits per heavy atom. The van der Waals surface area contributed by atoms with E-state index in [1.165, 1.54) is 0 Å². The molecule has 0 spiro atoms. The number of halogens is 1. The lowest BCUT2D eigenvalue weighted by molar-refractivity contribution is 0.100. The third-order valence-electron chi connectivity index (χ3n) is 5.29. The number of rotatable bonds is 5. The van der Waals surface area contributed by atoms with Crippen LogP contribution in [0.2, 0.25) is 0 Å². The number of carbonyl (C=O) groups excluding carboxylic acids is 1. The third kappa shape index (κ3) is 4.12. The van der Waals surface area contributed by atoms with E-state index >= 15 is 0 Å². The fourth-order valence-corrected chi connectivity index (χ4v) is 3.69. The summed E-state index contributed by atoms with van der Waals surface area (Å²) in [6, 6.07) is 8.53. The van der Waals surface area contributed by atoms with Gasteiger partial charge in [0.05, 0.1) is 5.56 Å². The van der Waals surface area contributed by atoms with E-state index in [9.17, 15) is 9.18 Å². The average molecular weight is 394 g/mol. The number of fused-ring (bicyclic) bond motifs is 1. The minimum atomic E-state index is -0.762. The molecule has 2 atom stereocenters. The molecule has 4 rings (SSSR count). The van der Waals surface area contributed by atoms with E-state index in [0.29, 0.717) is 5.69 Å². The first-order valence-corrected chi connectivity index (χ1v) is 9.64. The van der Waals surface area contributed by atoms with Gasteiger partial charge in [-0.05, 0) is 42.5 Å². The van der Waals surface area contributed by atoms with Gasteiger partial charge in [-0.1, -0.05) is 18.9 Å². The molecule has 3 aromatic rings. The van der Waals surface area contributed by atoms with Crippen LogP contribution in [0.25, 0.3) is 10.8 Å². The third-order valence-corrected chi connectivity index (χ3v) is 5.29. The number of pyridine rings is 2. The monoisotopic (exact) mass is 394 g/mol. The Morgan fingerprint density at radius 3 is 2.72 bits per heavy atom. The fraction of sp³-hybridized carbons (Fsp3) is 0.286. The van der Waals surface area contributed by atoms with Crippen molar-refractivity contribution in [2.24, 2.45) is 11.5 Å². The van der Waals surface area contributed by atoms with Crippen molar-refractivity contribution in [3.63, 3.8) is 0 Å². The summed E-state index contributed by atoms with van der Waals surface area (Å²) in [6.07, 6.45) is 7.29. The summed E-state index contributed by atoms with van der Waals surface area (Å²) >= 11 is 0. The molecule has 1 amide bonds. The Hall–Kier alpha value is -3.26. The number of aromatic nitrogens is 2. The topological polar surface area (TPSA) is 119 Å². The van der Waals surface area contributed by atoms with Gasteiger partial charge in [0.2, 0.25) is 0 Å². The SMILES string of the molecule is NC(=O)c1cc(F)c(NC2CCCC[C@@H]2N)nc1Nc1ccc2ccncc2c1. The highest BCUT2D eigenvalue weighted by Crippen LogP contribution is 2.27. The summed E-state index contributed by atoms with van der Waals surface area (Å²) in [5.41, 5.74) is 12.3. The molecule has 1 aliphatic rings. The largest absolute Gasteiger partial charge is 0.365 e. The van der Waals surface area contributed by atoms with Gasteiger partial charge >= 0.3 is 0 Å². The number of nitrogens with two attached hydrogens (primary N) is 2. The molecular weight excluding hydrogens is 371 g/mol. The highest BCUT2D eigenvalue weighted by atomic mass is 19.1. The number of anilines is 3. The summed E-state index contributed by atoms with van der Waals surface area (Å²) < 4.78 is 14.6. The van der Waals surface area contributed by atoms with Crippen LogP contribution in [-0.2, 0) is 0 Å². The van der Waals surface area contributed by atoms with Gasteiger partial charge in [-0.2, -0.15) is 0 Å². The van der Waals surface area contributed by atoms with Crippen molar-refractivity contribution in [2.45, 2.75) is 37.8 Å². The number of nitrogens with one attached hydrogen (secondary N) is 2. The quantitative estimate of drug-likeness (QED) is 0.527. The van der Waals surface area contributed by atoms with E-state index in [4.69, 9.17) is 11.5 Å². The van der Waals surface area contributed by atoms with Crippen molar-refractivity contribution in [1.82, 2.24) is 9.97 Å². The maximum Gasteiger partial charge on any atom is 0.252 e. The van der Waals surface area contributed by atoms with E-state index < -0.39 is 11.7 Å². The molecule has 0 radical (unpaired) electrons. The predicted molar refractivity (Wildman–Crippen MR) is 112 cm³/mol.